The fraction of sp³-hybridized carbons (Fsp3) is 0.636. The number of carbonyl (C=O) groups excluding carboxylic acids is 2. The van der Waals surface area contributed by atoms with Crippen LogP contribution in [0.3, 0.4) is 0 Å². The highest BCUT2D eigenvalue weighted by Gasteiger charge is 2.27. The molecule has 1 saturated heterocycles. The third-order valence-electron chi connectivity index (χ3n) is 6.02. The number of nitrogens with zero attached hydrogens (tertiary/aromatic N) is 1. The summed E-state index contributed by atoms with van der Waals surface area (Å²) in [7, 11) is 0. The molecule has 26 heavy (non-hydrogen) atoms. The van der Waals surface area contributed by atoms with Gasteiger partial charge in [-0.2, -0.15) is 0 Å². The topological polar surface area (TPSA) is 37.4 Å². The van der Waals surface area contributed by atoms with E-state index < -0.39 is 0 Å². The molecule has 1 aromatic rings. The Bertz CT molecular complexity index is 605. The molecular weight excluding hydrogens is 346 g/mol. The number of hydrogen-bond acceptors (Lipinski definition) is 3. The lowest BCUT2D eigenvalue weighted by Gasteiger charge is -2.32. The maximum absolute atomic E-state index is 12.4. The molecule has 1 aromatic carbocycles. The molecule has 1 unspecified atom stereocenters. The molecular formula is C22H30ClNO2. The Balaban J connectivity index is 1.37. The van der Waals surface area contributed by atoms with Crippen LogP contribution in [0, 0.1) is 5.92 Å². The summed E-state index contributed by atoms with van der Waals surface area (Å²) in [5.41, 5.74) is 1.39. The molecule has 2 fully saturated rings. The van der Waals surface area contributed by atoms with Gasteiger partial charge in [0.25, 0.3) is 0 Å². The van der Waals surface area contributed by atoms with Gasteiger partial charge in [0.05, 0.1) is 5.92 Å². The molecule has 0 aromatic heterocycles. The first kappa shape index (κ1) is 19.6. The summed E-state index contributed by atoms with van der Waals surface area (Å²) in [6.45, 7) is 3.15. The van der Waals surface area contributed by atoms with Crippen LogP contribution in [0.1, 0.15) is 69.3 Å². The van der Waals surface area contributed by atoms with Gasteiger partial charge in [-0.3, -0.25) is 9.59 Å². The largest absolute Gasteiger partial charge is 0.303 e. The quantitative estimate of drug-likeness (QED) is 0.517. The van der Waals surface area contributed by atoms with Crippen LogP contribution in [0.5, 0.6) is 0 Å². The number of hydrogen-bond donors (Lipinski definition) is 0. The van der Waals surface area contributed by atoms with Gasteiger partial charge < -0.3 is 4.90 Å². The first-order valence-corrected chi connectivity index (χ1v) is 10.5. The zero-order chi connectivity index (χ0) is 18.4. The summed E-state index contributed by atoms with van der Waals surface area (Å²) in [5.74, 6) is 0.700. The number of ketones is 2. The molecule has 4 heteroatoms. The molecule has 0 spiro atoms. The fourth-order valence-electron chi connectivity index (χ4n) is 4.38. The van der Waals surface area contributed by atoms with Crippen molar-refractivity contribution < 1.29 is 9.59 Å². The van der Waals surface area contributed by atoms with Gasteiger partial charge in [-0.1, -0.05) is 36.6 Å². The summed E-state index contributed by atoms with van der Waals surface area (Å²) in [4.78, 5) is 27.0. The van der Waals surface area contributed by atoms with E-state index >= 15 is 0 Å². The Morgan fingerprint density at radius 1 is 1.04 bits per heavy atom. The molecule has 1 atom stereocenters. The fourth-order valence-corrected chi connectivity index (χ4v) is 4.50. The van der Waals surface area contributed by atoms with E-state index in [1.807, 2.05) is 12.1 Å². The van der Waals surface area contributed by atoms with Crippen molar-refractivity contribution in [3.05, 3.63) is 34.9 Å². The number of carbonyl (C=O) groups is 2. The lowest BCUT2D eigenvalue weighted by atomic mass is 9.89. The third kappa shape index (κ3) is 5.40. The second-order valence-electron chi connectivity index (χ2n) is 7.86. The van der Waals surface area contributed by atoms with Crippen LogP contribution in [0.2, 0.25) is 5.02 Å². The van der Waals surface area contributed by atoms with E-state index in [-0.39, 0.29) is 17.5 Å². The van der Waals surface area contributed by atoms with Crippen LogP contribution in [-0.2, 0) is 9.59 Å². The average molecular weight is 376 g/mol. The van der Waals surface area contributed by atoms with Gasteiger partial charge >= 0.3 is 0 Å². The molecule has 1 aliphatic carbocycles. The molecule has 1 heterocycles. The summed E-state index contributed by atoms with van der Waals surface area (Å²) in [6.07, 6.45) is 8.25. The van der Waals surface area contributed by atoms with Crippen molar-refractivity contribution in [3.8, 4) is 0 Å². The Hall–Kier alpha value is -1.19. The Morgan fingerprint density at radius 3 is 2.50 bits per heavy atom. The molecule has 2 aliphatic rings. The predicted molar refractivity (Wildman–Crippen MR) is 106 cm³/mol. The van der Waals surface area contributed by atoms with Crippen molar-refractivity contribution in [1.82, 2.24) is 4.90 Å². The summed E-state index contributed by atoms with van der Waals surface area (Å²) >= 11 is 5.97. The molecule has 142 valence electrons. The zero-order valence-electron chi connectivity index (χ0n) is 15.6. The predicted octanol–water partition coefficient (Wildman–Crippen LogP) is 5.02. The van der Waals surface area contributed by atoms with Crippen molar-refractivity contribution in [2.45, 2.75) is 63.7 Å². The third-order valence-corrected chi connectivity index (χ3v) is 6.27. The smallest absolute Gasteiger partial charge is 0.143 e. The Kier molecular flexibility index (Phi) is 7.27. The van der Waals surface area contributed by atoms with E-state index in [0.717, 1.165) is 69.6 Å². The highest BCUT2D eigenvalue weighted by atomic mass is 35.5. The molecule has 0 N–H and O–H groups in total. The number of benzene rings is 1. The van der Waals surface area contributed by atoms with Gasteiger partial charge in [-0.05, 0) is 75.4 Å². The number of Topliss-reactive ketones (excluding diaryl/α,β-unsaturated/α-hetero) is 2. The van der Waals surface area contributed by atoms with Gasteiger partial charge in [0.15, 0.2) is 0 Å². The molecule has 1 saturated carbocycles. The van der Waals surface area contributed by atoms with Crippen LogP contribution in [0.15, 0.2) is 24.3 Å². The summed E-state index contributed by atoms with van der Waals surface area (Å²) in [6, 6.07) is 8.24. The number of halogens is 1. The maximum Gasteiger partial charge on any atom is 0.143 e. The SMILES string of the molecule is O=C1CCCCCC1C(=O)CCCN1CCC(c2ccc(Cl)cc2)CC1. The minimum atomic E-state index is -0.298. The van der Waals surface area contributed by atoms with Gasteiger partial charge in [-0.15, -0.1) is 0 Å². The molecule has 1 aliphatic heterocycles. The van der Waals surface area contributed by atoms with Crippen molar-refractivity contribution in [3.63, 3.8) is 0 Å². The summed E-state index contributed by atoms with van der Waals surface area (Å²) < 4.78 is 0. The second kappa shape index (κ2) is 9.66. The monoisotopic (exact) mass is 375 g/mol. The van der Waals surface area contributed by atoms with E-state index in [1.165, 1.54) is 5.56 Å². The first-order chi connectivity index (χ1) is 12.6. The summed E-state index contributed by atoms with van der Waals surface area (Å²) in [5, 5.41) is 0.794. The highest BCUT2D eigenvalue weighted by Crippen LogP contribution is 2.29. The van der Waals surface area contributed by atoms with E-state index in [1.54, 1.807) is 0 Å². The molecule has 0 radical (unpaired) electrons. The molecule has 3 rings (SSSR count). The van der Waals surface area contributed by atoms with Crippen molar-refractivity contribution in [2.24, 2.45) is 5.92 Å². The number of likely N-dealkylation sites (tertiary alicyclic amines) is 1. The average Bonchev–Trinajstić information content (AvgIpc) is 2.87. The minimum absolute atomic E-state index is 0.188. The van der Waals surface area contributed by atoms with Gasteiger partial charge in [0, 0.05) is 17.9 Å². The van der Waals surface area contributed by atoms with Gasteiger partial charge in [0.2, 0.25) is 0 Å². The van der Waals surface area contributed by atoms with Crippen LogP contribution < -0.4 is 0 Å². The lowest BCUT2D eigenvalue weighted by Crippen LogP contribution is -2.34. The molecule has 3 nitrogen and oxygen atoms in total. The van der Waals surface area contributed by atoms with Crippen molar-refractivity contribution in [1.29, 1.82) is 0 Å². The van der Waals surface area contributed by atoms with Crippen LogP contribution >= 0.6 is 11.6 Å². The highest BCUT2D eigenvalue weighted by molar-refractivity contribution is 6.30. The Morgan fingerprint density at radius 2 is 1.77 bits per heavy atom. The lowest BCUT2D eigenvalue weighted by molar-refractivity contribution is -0.132. The second-order valence-corrected chi connectivity index (χ2v) is 8.29. The van der Waals surface area contributed by atoms with Gasteiger partial charge in [0.1, 0.15) is 11.6 Å². The number of piperidine rings is 1. The normalized spacial score (nSPS) is 23.0. The van der Waals surface area contributed by atoms with E-state index in [4.69, 9.17) is 11.6 Å². The zero-order valence-corrected chi connectivity index (χ0v) is 16.3. The number of rotatable bonds is 6. The van der Waals surface area contributed by atoms with Gasteiger partial charge in [-0.25, -0.2) is 0 Å². The first-order valence-electron chi connectivity index (χ1n) is 10.2. The van der Waals surface area contributed by atoms with Crippen LogP contribution in [-0.4, -0.2) is 36.1 Å². The van der Waals surface area contributed by atoms with Crippen molar-refractivity contribution in [2.75, 3.05) is 19.6 Å². The molecule has 0 amide bonds. The maximum atomic E-state index is 12.4. The molecule has 0 bridgehead atoms. The van der Waals surface area contributed by atoms with E-state index in [9.17, 15) is 9.59 Å². The standard InChI is InChI=1S/C22H30ClNO2/c23-19-10-8-17(9-11-19)18-12-15-24(16-13-18)14-4-7-22(26)20-5-2-1-3-6-21(20)25/h8-11,18,20H,1-7,12-16H2. The van der Waals surface area contributed by atoms with E-state index in [0.29, 0.717) is 18.8 Å². The Labute approximate surface area is 162 Å². The van der Waals surface area contributed by atoms with Crippen LogP contribution in [0.4, 0.5) is 0 Å². The van der Waals surface area contributed by atoms with Crippen molar-refractivity contribution >= 4 is 23.2 Å². The van der Waals surface area contributed by atoms with Crippen LogP contribution in [0.25, 0.3) is 0 Å². The minimum Gasteiger partial charge on any atom is -0.303 e. The van der Waals surface area contributed by atoms with E-state index in [2.05, 4.69) is 17.0 Å².